The van der Waals surface area contributed by atoms with Crippen molar-refractivity contribution in [3.05, 3.63) is 173 Å². The van der Waals surface area contributed by atoms with Crippen LogP contribution >= 0.6 is 11.3 Å². The molecule has 0 spiro atoms. The van der Waals surface area contributed by atoms with Crippen LogP contribution in [0.5, 0.6) is 0 Å². The fourth-order valence-electron chi connectivity index (χ4n) is 6.09. The third-order valence-corrected chi connectivity index (χ3v) is 14.1. The van der Waals surface area contributed by atoms with Crippen LogP contribution in [0.2, 0.25) is 0 Å². The van der Waals surface area contributed by atoms with Gasteiger partial charge in [-0.1, -0.05) is 42.5 Å². The molecule has 0 fully saturated rings. The van der Waals surface area contributed by atoms with Crippen LogP contribution in [0.4, 0.5) is 26.3 Å². The van der Waals surface area contributed by atoms with Crippen molar-refractivity contribution >= 4 is 63.9 Å². The minimum Gasteiger partial charge on any atom is -0.347 e. The van der Waals surface area contributed by atoms with Crippen LogP contribution in [0.25, 0.3) is 21.1 Å². The van der Waals surface area contributed by atoms with Gasteiger partial charge in [0.25, 0.3) is 11.8 Å². The number of nitrogens with zero attached hydrogens (tertiary/aromatic N) is 3. The summed E-state index contributed by atoms with van der Waals surface area (Å²) in [6.45, 7) is 0.250. The van der Waals surface area contributed by atoms with Crippen LogP contribution in [-0.2, 0) is 45.1 Å². The van der Waals surface area contributed by atoms with Crippen molar-refractivity contribution in [1.82, 2.24) is 30.6 Å². The van der Waals surface area contributed by atoms with Crippen LogP contribution in [-0.4, -0.2) is 48.6 Å². The summed E-state index contributed by atoms with van der Waals surface area (Å²) < 4.78 is 131. The number of aromatic nitrogens is 4. The van der Waals surface area contributed by atoms with Crippen LogP contribution in [0.15, 0.2) is 160 Å². The van der Waals surface area contributed by atoms with E-state index >= 15 is 0 Å². The number of benzene rings is 4. The second kappa shape index (κ2) is 18.0. The van der Waals surface area contributed by atoms with Crippen molar-refractivity contribution in [3.63, 3.8) is 0 Å². The number of H-pyrrole nitrogens is 1. The number of thiophene rings is 1. The molecule has 3 N–H and O–H groups in total. The van der Waals surface area contributed by atoms with Crippen molar-refractivity contribution < 1.29 is 52.8 Å². The molecule has 328 valence electrons. The molecule has 0 bridgehead atoms. The number of alkyl halides is 6. The monoisotopic (exact) mass is 936 g/mol. The Hall–Kier alpha value is -6.97. The van der Waals surface area contributed by atoms with Gasteiger partial charge >= 0.3 is 12.4 Å². The van der Waals surface area contributed by atoms with Crippen molar-refractivity contribution in [1.29, 1.82) is 0 Å². The zero-order valence-electron chi connectivity index (χ0n) is 32.5. The Balaban J connectivity index is 0.000000197. The van der Waals surface area contributed by atoms with Crippen LogP contribution in [0.3, 0.4) is 0 Å². The molecule has 64 heavy (non-hydrogen) atoms. The maximum absolute atomic E-state index is 13.4. The molecule has 4 aromatic carbocycles. The quantitative estimate of drug-likeness (QED) is 0.113. The highest BCUT2D eigenvalue weighted by molar-refractivity contribution is 7.91. The minimum absolute atomic E-state index is 0.000261. The first-order chi connectivity index (χ1) is 30.3. The lowest BCUT2D eigenvalue weighted by molar-refractivity contribution is -0.144. The molecule has 0 unspecified atom stereocenters. The van der Waals surface area contributed by atoms with Gasteiger partial charge in [-0.2, -0.15) is 26.3 Å². The molecule has 0 aliphatic carbocycles. The lowest BCUT2D eigenvalue weighted by Crippen LogP contribution is -2.23. The van der Waals surface area contributed by atoms with Crippen molar-refractivity contribution in [2.24, 2.45) is 0 Å². The van der Waals surface area contributed by atoms with Gasteiger partial charge < -0.3 is 15.6 Å². The molecule has 4 heterocycles. The standard InChI is InChI=1S/C23H14F6N2O3S2.C20H16N4O3S/c24-22(25,26)15-3-6-20(17(10-15)23(27,28)29)36(33,34)16-4-1-13(2-5-16)11-31-21(32)18-9-14-7-8-30-12-19(14)35-18;25-20(19-23-17-10-11-21-13-18(17)24-19)22-12-14-6-8-16(9-7-14)28(26,27)15-4-2-1-3-5-15/h1-10,12H,11H2,(H,31,32);1-11,13H,12H2,(H,22,25)(H,23,24). The van der Waals surface area contributed by atoms with Gasteiger partial charge in [-0.05, 0) is 89.3 Å². The highest BCUT2D eigenvalue weighted by Crippen LogP contribution is 2.40. The molecule has 0 saturated carbocycles. The van der Waals surface area contributed by atoms with E-state index in [2.05, 4.69) is 30.6 Å². The van der Waals surface area contributed by atoms with E-state index in [9.17, 15) is 52.8 Å². The number of sulfone groups is 2. The number of amides is 2. The third kappa shape index (κ3) is 10.1. The van der Waals surface area contributed by atoms with Gasteiger partial charge in [0.1, 0.15) is 0 Å². The molecular weight excluding hydrogens is 907 g/mol. The predicted molar refractivity (Wildman–Crippen MR) is 223 cm³/mol. The first-order valence-electron chi connectivity index (χ1n) is 18.5. The number of rotatable bonds is 10. The van der Waals surface area contributed by atoms with E-state index in [1.807, 2.05) is 0 Å². The van der Waals surface area contributed by atoms with E-state index < -0.39 is 52.9 Å². The van der Waals surface area contributed by atoms with Gasteiger partial charge in [0.15, 0.2) is 5.82 Å². The second-order valence-corrected chi connectivity index (χ2v) is 18.6. The smallest absolute Gasteiger partial charge is 0.347 e. The largest absolute Gasteiger partial charge is 0.417 e. The highest BCUT2D eigenvalue weighted by Gasteiger charge is 2.41. The lowest BCUT2D eigenvalue weighted by atomic mass is 10.1. The average molecular weight is 937 g/mol. The molecule has 0 radical (unpaired) electrons. The molecule has 4 aromatic heterocycles. The Morgan fingerprint density at radius 1 is 0.625 bits per heavy atom. The number of fused-ring (bicyclic) bond motifs is 2. The first kappa shape index (κ1) is 45.1. The Morgan fingerprint density at radius 2 is 1.20 bits per heavy atom. The van der Waals surface area contributed by atoms with Crippen molar-refractivity contribution in [3.8, 4) is 0 Å². The number of carbonyl (C=O) groups excluding carboxylic acids is 2. The van der Waals surface area contributed by atoms with Crippen LogP contribution < -0.4 is 10.6 Å². The normalized spacial score (nSPS) is 12.1. The molecule has 8 rings (SSSR count). The summed E-state index contributed by atoms with van der Waals surface area (Å²) in [7, 11) is -8.35. The summed E-state index contributed by atoms with van der Waals surface area (Å²) in [5.41, 5.74) is -0.951. The number of pyridine rings is 2. The van der Waals surface area contributed by atoms with Gasteiger partial charge in [0, 0.05) is 31.7 Å². The molecule has 12 nitrogen and oxygen atoms in total. The van der Waals surface area contributed by atoms with Gasteiger partial charge in [0.2, 0.25) is 19.7 Å². The number of nitrogens with one attached hydrogen (secondary N) is 3. The molecule has 0 atom stereocenters. The van der Waals surface area contributed by atoms with Gasteiger partial charge in [-0.25, -0.2) is 21.8 Å². The highest BCUT2D eigenvalue weighted by atomic mass is 32.2. The summed E-state index contributed by atoms with van der Waals surface area (Å²) in [4.78, 5) is 38.8. The SMILES string of the molecule is O=C(NCc1ccc(S(=O)(=O)c2ccc(C(F)(F)F)cc2C(F)(F)F)cc1)c1cc2ccncc2s1.O=C(NCc1ccc(S(=O)(=O)c2ccccc2)cc1)c1nc2ccncc2[nH]1. The van der Waals surface area contributed by atoms with Crippen molar-refractivity contribution in [2.45, 2.75) is 45.0 Å². The fraction of sp³-hybridized carbons (Fsp3) is 0.0930. The van der Waals surface area contributed by atoms with E-state index in [1.165, 1.54) is 35.6 Å². The second-order valence-electron chi connectivity index (χ2n) is 13.7. The Bertz CT molecular complexity index is 3150. The molecule has 8 aromatic rings. The summed E-state index contributed by atoms with van der Waals surface area (Å²) in [6, 6.07) is 24.9. The Labute approximate surface area is 363 Å². The summed E-state index contributed by atoms with van der Waals surface area (Å²) in [6.07, 6.45) is -4.00. The summed E-state index contributed by atoms with van der Waals surface area (Å²) >= 11 is 1.23. The molecule has 2 amide bonds. The fourth-order valence-corrected chi connectivity index (χ4v) is 9.78. The van der Waals surface area contributed by atoms with E-state index in [0.29, 0.717) is 27.5 Å². The molecular formula is C43H30F6N6O6S3. The maximum Gasteiger partial charge on any atom is 0.417 e. The zero-order valence-corrected chi connectivity index (χ0v) is 34.9. The van der Waals surface area contributed by atoms with Gasteiger partial charge in [0.05, 0.1) is 57.5 Å². The number of halogens is 6. The number of hydrogen-bond acceptors (Lipinski definition) is 10. The Morgan fingerprint density at radius 3 is 1.80 bits per heavy atom. The maximum atomic E-state index is 13.4. The van der Waals surface area contributed by atoms with Gasteiger partial charge in [-0.15, -0.1) is 11.3 Å². The number of hydrogen-bond donors (Lipinski definition) is 3. The zero-order chi connectivity index (χ0) is 45.9. The predicted octanol–water partition coefficient (Wildman–Crippen LogP) is 8.82. The first-order valence-corrected chi connectivity index (χ1v) is 22.3. The number of aromatic amines is 1. The molecule has 0 aliphatic rings. The van der Waals surface area contributed by atoms with E-state index in [0.717, 1.165) is 27.8 Å². The van der Waals surface area contributed by atoms with Crippen molar-refractivity contribution in [2.75, 3.05) is 0 Å². The van der Waals surface area contributed by atoms with Crippen LogP contribution in [0, 0.1) is 0 Å². The van der Waals surface area contributed by atoms with E-state index in [4.69, 9.17) is 0 Å². The molecule has 0 aliphatic heterocycles. The Kier molecular flexibility index (Phi) is 12.7. The average Bonchev–Trinajstić information content (AvgIpc) is 3.93. The minimum atomic E-state index is -5.34. The van der Waals surface area contributed by atoms with Crippen LogP contribution in [0.1, 0.15) is 42.5 Å². The molecule has 21 heteroatoms. The lowest BCUT2D eigenvalue weighted by Gasteiger charge is -2.16. The molecule has 0 saturated heterocycles. The third-order valence-electron chi connectivity index (χ3n) is 9.37. The summed E-state index contributed by atoms with van der Waals surface area (Å²) in [5, 5.41) is 6.27. The van der Waals surface area contributed by atoms with E-state index in [1.54, 1.807) is 85.5 Å². The topological polar surface area (TPSA) is 181 Å². The number of imidazole rings is 1. The number of carbonyl (C=O) groups is 2. The summed E-state index contributed by atoms with van der Waals surface area (Å²) in [5.74, 6) is -0.532. The van der Waals surface area contributed by atoms with Gasteiger partial charge in [-0.3, -0.25) is 19.6 Å². The van der Waals surface area contributed by atoms with E-state index in [-0.39, 0.29) is 52.7 Å².